The van der Waals surface area contributed by atoms with Crippen molar-refractivity contribution < 1.29 is 0 Å². The Hall–Kier alpha value is -3.26. The third kappa shape index (κ3) is 3.02. The first-order valence-electron chi connectivity index (χ1n) is 8.78. The highest BCUT2D eigenvalue weighted by molar-refractivity contribution is 5.82. The van der Waals surface area contributed by atoms with Crippen LogP contribution in [0.4, 0.5) is 0 Å². The summed E-state index contributed by atoms with van der Waals surface area (Å²) in [6, 6.07) is 26.9. The molecule has 0 aliphatic rings. The summed E-state index contributed by atoms with van der Waals surface area (Å²) in [6.45, 7) is 4.23. The maximum absolute atomic E-state index is 5.03. The van der Waals surface area contributed by atoms with Crippen molar-refractivity contribution >= 4 is 0 Å². The van der Waals surface area contributed by atoms with E-state index in [1.54, 1.807) is 0 Å². The minimum absolute atomic E-state index is 0.890. The molecule has 0 saturated heterocycles. The number of hydrogen-bond donors (Lipinski definition) is 0. The van der Waals surface area contributed by atoms with E-state index in [0.29, 0.717) is 0 Å². The summed E-state index contributed by atoms with van der Waals surface area (Å²) in [4.78, 5) is 9.87. The molecule has 0 saturated carbocycles. The molecule has 0 radical (unpaired) electrons. The SMILES string of the molecule is Cc1ccccc1-c1ncc(-c2ccccc2)nc1-c1ccccc1C. The molecule has 0 spiro atoms. The number of nitrogens with zero attached hydrogens (tertiary/aromatic N) is 2. The lowest BCUT2D eigenvalue weighted by Crippen LogP contribution is -1.98. The highest BCUT2D eigenvalue weighted by Gasteiger charge is 2.15. The number of aromatic nitrogens is 2. The molecular formula is C24H20N2. The summed E-state index contributed by atoms with van der Waals surface area (Å²) in [5.41, 5.74) is 8.46. The van der Waals surface area contributed by atoms with E-state index in [-0.39, 0.29) is 0 Å². The van der Waals surface area contributed by atoms with Gasteiger partial charge in [0.05, 0.1) is 23.3 Å². The van der Waals surface area contributed by atoms with Gasteiger partial charge in [-0.05, 0) is 25.0 Å². The first-order chi connectivity index (χ1) is 12.7. The molecule has 3 aromatic carbocycles. The monoisotopic (exact) mass is 336 g/mol. The molecule has 0 amide bonds. The van der Waals surface area contributed by atoms with E-state index < -0.39 is 0 Å². The molecule has 0 unspecified atom stereocenters. The van der Waals surface area contributed by atoms with Crippen LogP contribution in [-0.4, -0.2) is 9.97 Å². The number of hydrogen-bond acceptors (Lipinski definition) is 2. The lowest BCUT2D eigenvalue weighted by molar-refractivity contribution is 1.20. The normalized spacial score (nSPS) is 10.7. The van der Waals surface area contributed by atoms with E-state index in [2.05, 4.69) is 74.5 Å². The minimum atomic E-state index is 0.890. The van der Waals surface area contributed by atoms with Gasteiger partial charge in [0.2, 0.25) is 0 Å². The van der Waals surface area contributed by atoms with Crippen molar-refractivity contribution in [2.24, 2.45) is 0 Å². The molecule has 0 N–H and O–H groups in total. The second-order valence-corrected chi connectivity index (χ2v) is 6.45. The Labute approximate surface area is 154 Å². The van der Waals surface area contributed by atoms with Crippen molar-refractivity contribution in [1.82, 2.24) is 9.97 Å². The first-order valence-corrected chi connectivity index (χ1v) is 8.78. The predicted molar refractivity (Wildman–Crippen MR) is 108 cm³/mol. The van der Waals surface area contributed by atoms with Crippen LogP contribution >= 0.6 is 0 Å². The highest BCUT2D eigenvalue weighted by Crippen LogP contribution is 2.34. The minimum Gasteiger partial charge on any atom is -0.252 e. The Morgan fingerprint density at radius 1 is 0.577 bits per heavy atom. The molecule has 4 rings (SSSR count). The van der Waals surface area contributed by atoms with Crippen LogP contribution in [0, 0.1) is 13.8 Å². The van der Waals surface area contributed by atoms with Crippen molar-refractivity contribution in [3.05, 3.63) is 96.2 Å². The van der Waals surface area contributed by atoms with Crippen LogP contribution in [0.25, 0.3) is 33.8 Å². The molecule has 4 aromatic rings. The molecule has 0 fully saturated rings. The second-order valence-electron chi connectivity index (χ2n) is 6.45. The van der Waals surface area contributed by atoms with Crippen LogP contribution in [0.2, 0.25) is 0 Å². The highest BCUT2D eigenvalue weighted by atomic mass is 14.8. The molecule has 1 aromatic heterocycles. The molecule has 0 aliphatic carbocycles. The molecule has 0 bridgehead atoms. The van der Waals surface area contributed by atoms with E-state index >= 15 is 0 Å². The van der Waals surface area contributed by atoms with Gasteiger partial charge in [-0.1, -0.05) is 78.9 Å². The lowest BCUT2D eigenvalue weighted by atomic mass is 9.97. The molecule has 2 nitrogen and oxygen atoms in total. The van der Waals surface area contributed by atoms with Gasteiger partial charge in [0.25, 0.3) is 0 Å². The van der Waals surface area contributed by atoms with Gasteiger partial charge in [0.15, 0.2) is 0 Å². The Bertz CT molecular complexity index is 1050. The summed E-state index contributed by atoms with van der Waals surface area (Å²) in [6.07, 6.45) is 1.87. The third-order valence-corrected chi connectivity index (χ3v) is 4.64. The van der Waals surface area contributed by atoms with Crippen molar-refractivity contribution in [2.75, 3.05) is 0 Å². The van der Waals surface area contributed by atoms with Crippen LogP contribution < -0.4 is 0 Å². The molecule has 2 heteroatoms. The van der Waals surface area contributed by atoms with Gasteiger partial charge in [0.1, 0.15) is 0 Å². The Morgan fingerprint density at radius 2 is 1.12 bits per heavy atom. The van der Waals surface area contributed by atoms with Gasteiger partial charge in [-0.3, -0.25) is 4.98 Å². The summed E-state index contributed by atoms with van der Waals surface area (Å²) >= 11 is 0. The van der Waals surface area contributed by atoms with Gasteiger partial charge in [-0.15, -0.1) is 0 Å². The summed E-state index contributed by atoms with van der Waals surface area (Å²) in [5, 5.41) is 0. The summed E-state index contributed by atoms with van der Waals surface area (Å²) in [7, 11) is 0. The average molecular weight is 336 g/mol. The zero-order valence-corrected chi connectivity index (χ0v) is 15.0. The van der Waals surface area contributed by atoms with Crippen LogP contribution in [0.15, 0.2) is 85.1 Å². The maximum Gasteiger partial charge on any atom is 0.0975 e. The van der Waals surface area contributed by atoms with Gasteiger partial charge in [0, 0.05) is 16.7 Å². The Kier molecular flexibility index (Phi) is 4.32. The van der Waals surface area contributed by atoms with Crippen molar-refractivity contribution in [3.8, 4) is 33.8 Å². The zero-order valence-electron chi connectivity index (χ0n) is 15.0. The first kappa shape index (κ1) is 16.2. The van der Waals surface area contributed by atoms with Crippen LogP contribution in [0.5, 0.6) is 0 Å². The number of benzene rings is 3. The van der Waals surface area contributed by atoms with Crippen LogP contribution in [0.3, 0.4) is 0 Å². The second kappa shape index (κ2) is 6.93. The fraction of sp³-hybridized carbons (Fsp3) is 0.0833. The van der Waals surface area contributed by atoms with Crippen molar-refractivity contribution in [1.29, 1.82) is 0 Å². The van der Waals surface area contributed by atoms with Gasteiger partial charge in [-0.25, -0.2) is 4.98 Å². The zero-order chi connectivity index (χ0) is 17.9. The van der Waals surface area contributed by atoms with E-state index in [0.717, 1.165) is 33.8 Å². The molecule has 0 aliphatic heterocycles. The van der Waals surface area contributed by atoms with E-state index in [1.165, 1.54) is 11.1 Å². The van der Waals surface area contributed by atoms with Crippen molar-refractivity contribution in [3.63, 3.8) is 0 Å². The number of aryl methyl sites for hydroxylation is 2. The maximum atomic E-state index is 5.03. The average Bonchev–Trinajstić information content (AvgIpc) is 2.69. The lowest BCUT2D eigenvalue weighted by Gasteiger charge is -2.14. The standard InChI is InChI=1S/C24H20N2/c1-17-10-6-8-14-20(17)23-24(21-15-9-7-11-18(21)2)26-22(16-25-23)19-12-4-3-5-13-19/h3-16H,1-2H3. The van der Waals surface area contributed by atoms with Gasteiger partial charge < -0.3 is 0 Å². The summed E-state index contributed by atoms with van der Waals surface area (Å²) in [5.74, 6) is 0. The van der Waals surface area contributed by atoms with Gasteiger partial charge >= 0.3 is 0 Å². The molecule has 26 heavy (non-hydrogen) atoms. The fourth-order valence-electron chi connectivity index (χ4n) is 3.20. The quantitative estimate of drug-likeness (QED) is 0.452. The summed E-state index contributed by atoms with van der Waals surface area (Å²) < 4.78 is 0. The van der Waals surface area contributed by atoms with Crippen LogP contribution in [0.1, 0.15) is 11.1 Å². The molecule has 0 atom stereocenters. The van der Waals surface area contributed by atoms with Crippen LogP contribution in [-0.2, 0) is 0 Å². The fourth-order valence-corrected chi connectivity index (χ4v) is 3.20. The number of rotatable bonds is 3. The molecule has 1 heterocycles. The molecule has 126 valence electrons. The third-order valence-electron chi connectivity index (χ3n) is 4.64. The van der Waals surface area contributed by atoms with E-state index in [1.807, 2.05) is 24.4 Å². The predicted octanol–water partition coefficient (Wildman–Crippen LogP) is 6.09. The molecular weight excluding hydrogens is 316 g/mol. The van der Waals surface area contributed by atoms with Crippen molar-refractivity contribution in [2.45, 2.75) is 13.8 Å². The van der Waals surface area contributed by atoms with E-state index in [9.17, 15) is 0 Å². The largest absolute Gasteiger partial charge is 0.252 e. The topological polar surface area (TPSA) is 25.8 Å². The van der Waals surface area contributed by atoms with Gasteiger partial charge in [-0.2, -0.15) is 0 Å². The Balaban J connectivity index is 1.98. The van der Waals surface area contributed by atoms with E-state index in [4.69, 9.17) is 9.97 Å². The Morgan fingerprint density at radius 3 is 1.73 bits per heavy atom. The smallest absolute Gasteiger partial charge is 0.0975 e.